The van der Waals surface area contributed by atoms with Crippen LogP contribution < -0.4 is 9.47 Å². The summed E-state index contributed by atoms with van der Waals surface area (Å²) in [5, 5.41) is 0. The van der Waals surface area contributed by atoms with E-state index in [1.165, 1.54) is 38.2 Å². The molecule has 13 nitrogen and oxygen atoms in total. The van der Waals surface area contributed by atoms with E-state index in [0.29, 0.717) is 29.5 Å². The maximum Gasteiger partial charge on any atom is 0.319 e. The molecule has 0 aliphatic carbocycles. The summed E-state index contributed by atoms with van der Waals surface area (Å²) in [7, 11) is 6.58. The van der Waals surface area contributed by atoms with Crippen LogP contribution in [-0.2, 0) is 57.8 Å². The van der Waals surface area contributed by atoms with Crippen molar-refractivity contribution in [1.29, 1.82) is 0 Å². The number of ether oxygens (including phenoxy) is 6. The minimum atomic E-state index is -0.543. The number of carbonyl (C=O) groups excluding carboxylic acids is 4. The third kappa shape index (κ3) is 11.2. The highest BCUT2D eigenvalue weighted by atomic mass is 16.5. The van der Waals surface area contributed by atoms with Gasteiger partial charge in [-0.25, -0.2) is 0 Å². The lowest BCUT2D eigenvalue weighted by Gasteiger charge is -2.22. The molecule has 3 aromatic rings. The van der Waals surface area contributed by atoms with Gasteiger partial charge in [0.05, 0.1) is 73.1 Å². The monoisotopic (exact) mass is 637 g/mol. The number of hydrogen-bond donors (Lipinski definition) is 0. The second-order valence-corrected chi connectivity index (χ2v) is 10.1. The molecular weight excluding hydrogens is 598 g/mol. The summed E-state index contributed by atoms with van der Waals surface area (Å²) in [6, 6.07) is 18.9. The SMILES string of the molecule is COC(=O)CN(CC(=O)OC)Cc1cc(-c2ccc(OCc3ccccc3)c(OC)c2)cc(CN(CC(=O)OC)CC(=O)OC)n1. The minimum absolute atomic E-state index is 0.0778. The molecule has 3 rings (SSSR count). The van der Waals surface area contributed by atoms with Gasteiger partial charge in [-0.1, -0.05) is 36.4 Å². The molecule has 0 N–H and O–H groups in total. The van der Waals surface area contributed by atoms with E-state index in [1.54, 1.807) is 13.2 Å². The average Bonchev–Trinajstić information content (AvgIpc) is 3.07. The maximum absolute atomic E-state index is 12.1. The van der Waals surface area contributed by atoms with Crippen molar-refractivity contribution in [3.05, 3.63) is 77.6 Å². The molecule has 0 saturated carbocycles. The lowest BCUT2D eigenvalue weighted by molar-refractivity contribution is -0.147. The Bertz CT molecular complexity index is 1390. The fraction of sp³-hybridized carbons (Fsp3) is 0.364. The number of carbonyl (C=O) groups is 4. The van der Waals surface area contributed by atoms with Crippen LogP contribution in [0.3, 0.4) is 0 Å². The van der Waals surface area contributed by atoms with E-state index in [1.807, 2.05) is 54.6 Å². The van der Waals surface area contributed by atoms with Gasteiger partial charge in [-0.3, -0.25) is 34.0 Å². The predicted molar refractivity (Wildman–Crippen MR) is 166 cm³/mol. The summed E-state index contributed by atoms with van der Waals surface area (Å²) in [6.45, 7) is -0.249. The van der Waals surface area contributed by atoms with Gasteiger partial charge in [-0.05, 0) is 41.0 Å². The first-order valence-electron chi connectivity index (χ1n) is 14.2. The topological polar surface area (TPSA) is 143 Å². The second-order valence-electron chi connectivity index (χ2n) is 10.1. The van der Waals surface area contributed by atoms with Crippen molar-refractivity contribution in [1.82, 2.24) is 14.8 Å². The van der Waals surface area contributed by atoms with E-state index in [-0.39, 0.29) is 39.3 Å². The Morgan fingerprint density at radius 2 is 1.07 bits per heavy atom. The van der Waals surface area contributed by atoms with E-state index >= 15 is 0 Å². The zero-order valence-electron chi connectivity index (χ0n) is 26.6. The van der Waals surface area contributed by atoms with Crippen molar-refractivity contribution in [3.63, 3.8) is 0 Å². The summed E-state index contributed by atoms with van der Waals surface area (Å²) in [6.07, 6.45) is 0. The van der Waals surface area contributed by atoms with Crippen molar-refractivity contribution in [3.8, 4) is 22.6 Å². The number of pyridine rings is 1. The Morgan fingerprint density at radius 3 is 1.50 bits per heavy atom. The molecular formula is C33H39N3O10. The second kappa shape index (κ2) is 18.1. The summed E-state index contributed by atoms with van der Waals surface area (Å²) in [5.74, 6) is -1.12. The number of esters is 4. The largest absolute Gasteiger partial charge is 0.493 e. The van der Waals surface area contributed by atoms with Crippen molar-refractivity contribution in [2.24, 2.45) is 0 Å². The fourth-order valence-corrected chi connectivity index (χ4v) is 4.46. The van der Waals surface area contributed by atoms with Crippen LogP contribution in [0.2, 0.25) is 0 Å². The molecule has 0 atom stereocenters. The normalized spacial score (nSPS) is 10.8. The average molecular weight is 638 g/mol. The summed E-state index contributed by atoms with van der Waals surface area (Å²) >= 11 is 0. The smallest absolute Gasteiger partial charge is 0.319 e. The van der Waals surface area contributed by atoms with Gasteiger partial charge in [0.15, 0.2) is 11.5 Å². The number of hydrogen-bond acceptors (Lipinski definition) is 13. The number of benzene rings is 2. The van der Waals surface area contributed by atoms with Crippen molar-refractivity contribution in [2.75, 3.05) is 61.7 Å². The zero-order chi connectivity index (χ0) is 33.5. The van der Waals surface area contributed by atoms with E-state index in [2.05, 4.69) is 0 Å². The van der Waals surface area contributed by atoms with Crippen LogP contribution in [-0.4, -0.2) is 100 Å². The molecule has 0 fully saturated rings. The van der Waals surface area contributed by atoms with Gasteiger partial charge in [0.25, 0.3) is 0 Å². The molecule has 0 radical (unpaired) electrons. The Morgan fingerprint density at radius 1 is 0.587 bits per heavy atom. The molecule has 13 heteroatoms. The molecule has 0 aliphatic heterocycles. The maximum atomic E-state index is 12.1. The quantitative estimate of drug-likeness (QED) is 0.158. The van der Waals surface area contributed by atoms with Crippen LogP contribution in [0.4, 0.5) is 0 Å². The van der Waals surface area contributed by atoms with Gasteiger partial charge in [-0.2, -0.15) is 0 Å². The Labute approximate surface area is 267 Å². The van der Waals surface area contributed by atoms with Crippen LogP contribution >= 0.6 is 0 Å². The van der Waals surface area contributed by atoms with E-state index < -0.39 is 23.9 Å². The first kappa shape index (κ1) is 35.5. The molecule has 46 heavy (non-hydrogen) atoms. The third-order valence-corrected chi connectivity index (χ3v) is 6.76. The Balaban J connectivity index is 2.02. The Kier molecular flexibility index (Phi) is 13.9. The van der Waals surface area contributed by atoms with Crippen LogP contribution in [0.15, 0.2) is 60.7 Å². The van der Waals surface area contributed by atoms with Gasteiger partial charge < -0.3 is 28.4 Å². The van der Waals surface area contributed by atoms with Gasteiger partial charge in [0.2, 0.25) is 0 Å². The van der Waals surface area contributed by atoms with Gasteiger partial charge in [0.1, 0.15) is 6.61 Å². The third-order valence-electron chi connectivity index (χ3n) is 6.76. The van der Waals surface area contributed by atoms with Crippen LogP contribution in [0, 0.1) is 0 Å². The van der Waals surface area contributed by atoms with Crippen molar-refractivity contribution < 1.29 is 47.6 Å². The highest BCUT2D eigenvalue weighted by Crippen LogP contribution is 2.34. The molecule has 0 bridgehead atoms. The lowest BCUT2D eigenvalue weighted by Crippen LogP contribution is -2.36. The molecule has 0 unspecified atom stereocenters. The molecule has 0 aliphatic rings. The van der Waals surface area contributed by atoms with E-state index in [0.717, 1.165) is 16.7 Å². The van der Waals surface area contributed by atoms with Crippen LogP contribution in [0.25, 0.3) is 11.1 Å². The summed E-state index contributed by atoms with van der Waals surface area (Å²) in [4.78, 5) is 56.4. The molecule has 1 aromatic heterocycles. The van der Waals surface area contributed by atoms with E-state index in [4.69, 9.17) is 33.4 Å². The number of methoxy groups -OCH3 is 5. The molecule has 0 spiro atoms. The van der Waals surface area contributed by atoms with Gasteiger partial charge in [-0.15, -0.1) is 0 Å². The van der Waals surface area contributed by atoms with Gasteiger partial charge in [0, 0.05) is 13.1 Å². The zero-order valence-corrected chi connectivity index (χ0v) is 26.6. The van der Waals surface area contributed by atoms with E-state index in [9.17, 15) is 19.2 Å². The van der Waals surface area contributed by atoms with Crippen molar-refractivity contribution in [2.45, 2.75) is 19.7 Å². The predicted octanol–water partition coefficient (Wildman–Crippen LogP) is 2.63. The van der Waals surface area contributed by atoms with Crippen LogP contribution in [0.5, 0.6) is 11.5 Å². The fourth-order valence-electron chi connectivity index (χ4n) is 4.46. The minimum Gasteiger partial charge on any atom is -0.493 e. The van der Waals surface area contributed by atoms with Crippen molar-refractivity contribution >= 4 is 23.9 Å². The van der Waals surface area contributed by atoms with Gasteiger partial charge >= 0.3 is 23.9 Å². The summed E-state index contributed by atoms with van der Waals surface area (Å²) < 4.78 is 30.9. The molecule has 246 valence electrons. The molecule has 0 amide bonds. The number of rotatable bonds is 17. The Hall–Kier alpha value is -5.01. The summed E-state index contributed by atoms with van der Waals surface area (Å²) in [5.41, 5.74) is 3.48. The first-order chi connectivity index (χ1) is 22.2. The molecule has 0 saturated heterocycles. The highest BCUT2D eigenvalue weighted by molar-refractivity contribution is 5.75. The number of nitrogens with zero attached hydrogens (tertiary/aromatic N) is 3. The standard InChI is InChI=1S/C33H39N3O10/c1-41-29-15-24(11-12-28(29)46-22-23-9-7-6-8-10-23)25-13-26(16-35(18-30(37)42-2)19-31(38)43-3)34-27(14-25)17-36(20-32(39)44-4)21-33(40)45-5/h6-15H,16-22H2,1-5H3. The van der Waals surface area contributed by atoms with Crippen LogP contribution in [0.1, 0.15) is 17.0 Å². The lowest BCUT2D eigenvalue weighted by atomic mass is 10.0. The first-order valence-corrected chi connectivity index (χ1v) is 14.2. The molecule has 1 heterocycles. The number of aromatic nitrogens is 1. The molecule has 2 aromatic carbocycles. The highest BCUT2D eigenvalue weighted by Gasteiger charge is 2.21.